The van der Waals surface area contributed by atoms with Crippen molar-refractivity contribution in [3.63, 3.8) is 0 Å². The van der Waals surface area contributed by atoms with Gasteiger partial charge in [0.05, 0.1) is 36.9 Å². The Bertz CT molecular complexity index is 1090. The molecule has 0 saturated carbocycles. The van der Waals surface area contributed by atoms with Crippen LogP contribution >= 0.6 is 0 Å². The van der Waals surface area contributed by atoms with Crippen molar-refractivity contribution in [2.45, 2.75) is 0 Å². The maximum Gasteiger partial charge on any atom is 0.135 e. The van der Waals surface area contributed by atoms with Gasteiger partial charge in [-0.1, -0.05) is 48.5 Å². The van der Waals surface area contributed by atoms with Crippen LogP contribution in [0.25, 0.3) is 28.2 Å². The van der Waals surface area contributed by atoms with Gasteiger partial charge in [0.25, 0.3) is 0 Å². The van der Waals surface area contributed by atoms with Crippen molar-refractivity contribution in [1.82, 2.24) is 9.78 Å². The molecular formula is C23H20N2O3. The third-order valence-electron chi connectivity index (χ3n) is 4.55. The molecule has 0 atom stereocenters. The highest BCUT2D eigenvalue weighted by molar-refractivity contribution is 5.79. The Labute approximate surface area is 163 Å². The normalized spacial score (nSPS) is 10.6. The molecule has 0 aliphatic carbocycles. The molecule has 3 aromatic carbocycles. The van der Waals surface area contributed by atoms with E-state index in [1.54, 1.807) is 26.4 Å². The summed E-state index contributed by atoms with van der Waals surface area (Å²) in [7, 11) is 3.12. The van der Waals surface area contributed by atoms with E-state index in [0.29, 0.717) is 17.1 Å². The van der Waals surface area contributed by atoms with Crippen molar-refractivity contribution in [2.75, 3.05) is 14.2 Å². The van der Waals surface area contributed by atoms with Crippen LogP contribution in [0.2, 0.25) is 0 Å². The van der Waals surface area contributed by atoms with Crippen molar-refractivity contribution < 1.29 is 14.6 Å². The number of methoxy groups -OCH3 is 2. The smallest absolute Gasteiger partial charge is 0.135 e. The molecule has 0 amide bonds. The Kier molecular flexibility index (Phi) is 4.72. The van der Waals surface area contributed by atoms with Crippen LogP contribution in [0.3, 0.4) is 0 Å². The summed E-state index contributed by atoms with van der Waals surface area (Å²) < 4.78 is 12.6. The lowest BCUT2D eigenvalue weighted by Crippen LogP contribution is -2.00. The Morgan fingerprint density at radius 3 is 2.14 bits per heavy atom. The molecule has 5 heteroatoms. The standard InChI is InChI=1S/C23H20N2O3/c1-27-18-13-21(26)23(22(14-18)28-2)20-15-19(16-9-5-3-6-10-16)24-25(20)17-11-7-4-8-12-17/h3-15,26H,1-2H3. The molecule has 140 valence electrons. The highest BCUT2D eigenvalue weighted by Crippen LogP contribution is 2.42. The van der Waals surface area contributed by atoms with Gasteiger partial charge < -0.3 is 14.6 Å². The fraction of sp³-hybridized carbons (Fsp3) is 0.0870. The minimum atomic E-state index is 0.0629. The van der Waals surface area contributed by atoms with Gasteiger partial charge in [0.1, 0.15) is 17.2 Å². The van der Waals surface area contributed by atoms with Crippen molar-refractivity contribution in [1.29, 1.82) is 0 Å². The van der Waals surface area contributed by atoms with Crippen molar-refractivity contribution in [3.05, 3.63) is 78.9 Å². The van der Waals surface area contributed by atoms with Crippen LogP contribution < -0.4 is 9.47 Å². The minimum absolute atomic E-state index is 0.0629. The van der Waals surface area contributed by atoms with Gasteiger partial charge in [0.2, 0.25) is 0 Å². The van der Waals surface area contributed by atoms with Crippen molar-refractivity contribution in [2.24, 2.45) is 0 Å². The summed E-state index contributed by atoms with van der Waals surface area (Å²) in [5.74, 6) is 1.09. The van der Waals surface area contributed by atoms with E-state index < -0.39 is 0 Å². The zero-order valence-electron chi connectivity index (χ0n) is 15.7. The van der Waals surface area contributed by atoms with Gasteiger partial charge in [-0.3, -0.25) is 0 Å². The zero-order chi connectivity index (χ0) is 19.5. The van der Waals surface area contributed by atoms with Crippen LogP contribution in [-0.2, 0) is 0 Å². The number of ether oxygens (including phenoxy) is 2. The lowest BCUT2D eigenvalue weighted by atomic mass is 10.1. The highest BCUT2D eigenvalue weighted by Gasteiger charge is 2.21. The molecule has 1 N–H and O–H groups in total. The Morgan fingerprint density at radius 2 is 1.50 bits per heavy atom. The molecule has 4 aromatic rings. The van der Waals surface area contributed by atoms with Crippen molar-refractivity contribution in [3.8, 4) is 45.5 Å². The summed E-state index contributed by atoms with van der Waals surface area (Å²) in [5.41, 5.74) is 3.96. The fourth-order valence-corrected chi connectivity index (χ4v) is 3.19. The first-order chi connectivity index (χ1) is 13.7. The summed E-state index contributed by atoms with van der Waals surface area (Å²) >= 11 is 0. The fourth-order valence-electron chi connectivity index (χ4n) is 3.19. The molecule has 1 aromatic heterocycles. The highest BCUT2D eigenvalue weighted by atomic mass is 16.5. The second kappa shape index (κ2) is 7.48. The van der Waals surface area contributed by atoms with Gasteiger partial charge >= 0.3 is 0 Å². The van der Waals surface area contributed by atoms with Gasteiger partial charge in [-0.25, -0.2) is 4.68 Å². The first kappa shape index (κ1) is 17.7. The van der Waals surface area contributed by atoms with E-state index in [1.165, 1.54) is 0 Å². The number of benzene rings is 3. The Balaban J connectivity index is 1.98. The predicted octanol–water partition coefficient (Wildman–Crippen LogP) is 4.93. The molecule has 0 radical (unpaired) electrons. The van der Waals surface area contributed by atoms with Gasteiger partial charge in [-0.05, 0) is 18.2 Å². The molecule has 28 heavy (non-hydrogen) atoms. The first-order valence-electron chi connectivity index (χ1n) is 8.87. The van der Waals surface area contributed by atoms with Gasteiger partial charge in [-0.15, -0.1) is 0 Å². The minimum Gasteiger partial charge on any atom is -0.507 e. The maximum atomic E-state index is 10.7. The second-order valence-corrected chi connectivity index (χ2v) is 6.25. The van der Waals surface area contributed by atoms with Crippen molar-refractivity contribution >= 4 is 0 Å². The number of nitrogens with zero attached hydrogens (tertiary/aromatic N) is 2. The monoisotopic (exact) mass is 372 g/mol. The number of hydrogen-bond donors (Lipinski definition) is 1. The van der Waals surface area contributed by atoms with Gasteiger partial charge in [0.15, 0.2) is 0 Å². The quantitative estimate of drug-likeness (QED) is 0.540. The zero-order valence-corrected chi connectivity index (χ0v) is 15.7. The van der Waals surface area contributed by atoms with Crippen LogP contribution in [0.1, 0.15) is 0 Å². The SMILES string of the molecule is COc1cc(O)c(-c2cc(-c3ccccc3)nn2-c2ccccc2)c(OC)c1. The van der Waals surface area contributed by atoms with Crippen LogP contribution in [0.5, 0.6) is 17.2 Å². The van der Waals surface area contributed by atoms with E-state index in [1.807, 2.05) is 71.4 Å². The lowest BCUT2D eigenvalue weighted by molar-refractivity contribution is 0.386. The van der Waals surface area contributed by atoms with Crippen LogP contribution in [-0.4, -0.2) is 29.1 Å². The molecular weight excluding hydrogens is 352 g/mol. The van der Waals surface area contributed by atoms with E-state index in [4.69, 9.17) is 14.6 Å². The molecule has 0 saturated heterocycles. The molecule has 0 unspecified atom stereocenters. The molecule has 1 heterocycles. The molecule has 0 aliphatic heterocycles. The summed E-state index contributed by atoms with van der Waals surface area (Å²) in [6, 6.07) is 25.0. The second-order valence-electron chi connectivity index (χ2n) is 6.25. The summed E-state index contributed by atoms with van der Waals surface area (Å²) in [4.78, 5) is 0. The lowest BCUT2D eigenvalue weighted by Gasteiger charge is -2.14. The summed E-state index contributed by atoms with van der Waals surface area (Å²) in [5, 5.41) is 15.5. The average Bonchev–Trinajstić information content (AvgIpc) is 3.19. The van der Waals surface area contributed by atoms with E-state index in [2.05, 4.69) is 0 Å². The van der Waals surface area contributed by atoms with Gasteiger partial charge in [0, 0.05) is 17.7 Å². The van der Waals surface area contributed by atoms with E-state index in [9.17, 15) is 5.11 Å². The van der Waals surface area contributed by atoms with Crippen LogP contribution in [0.15, 0.2) is 78.9 Å². The molecule has 0 bridgehead atoms. The number of phenols is 1. The average molecular weight is 372 g/mol. The largest absolute Gasteiger partial charge is 0.507 e. The first-order valence-corrected chi connectivity index (χ1v) is 8.87. The predicted molar refractivity (Wildman–Crippen MR) is 109 cm³/mol. The van der Waals surface area contributed by atoms with Crippen LogP contribution in [0, 0.1) is 0 Å². The molecule has 0 aliphatic rings. The third-order valence-corrected chi connectivity index (χ3v) is 4.55. The van der Waals surface area contributed by atoms with E-state index in [-0.39, 0.29) is 5.75 Å². The molecule has 5 nitrogen and oxygen atoms in total. The summed E-state index contributed by atoms with van der Waals surface area (Å²) in [6.45, 7) is 0. The number of rotatable bonds is 5. The van der Waals surface area contributed by atoms with E-state index in [0.717, 1.165) is 22.6 Å². The van der Waals surface area contributed by atoms with E-state index >= 15 is 0 Å². The molecule has 0 spiro atoms. The Morgan fingerprint density at radius 1 is 0.821 bits per heavy atom. The van der Waals surface area contributed by atoms with Crippen LogP contribution in [0.4, 0.5) is 0 Å². The number of para-hydroxylation sites is 1. The number of phenolic OH excluding ortho intramolecular Hbond substituents is 1. The Hall–Kier alpha value is -3.73. The van der Waals surface area contributed by atoms with Gasteiger partial charge in [-0.2, -0.15) is 5.10 Å². The number of aromatic nitrogens is 2. The molecule has 0 fully saturated rings. The molecule has 4 rings (SSSR count). The maximum absolute atomic E-state index is 10.7. The third kappa shape index (κ3) is 3.18. The number of aromatic hydroxyl groups is 1. The number of hydrogen-bond acceptors (Lipinski definition) is 4. The summed E-state index contributed by atoms with van der Waals surface area (Å²) in [6.07, 6.45) is 0. The topological polar surface area (TPSA) is 56.5 Å².